The summed E-state index contributed by atoms with van der Waals surface area (Å²) in [6.07, 6.45) is -0.396. The van der Waals surface area contributed by atoms with Crippen LogP contribution in [0.25, 0.3) is 0 Å². The lowest BCUT2D eigenvalue weighted by Gasteiger charge is -2.34. The van der Waals surface area contributed by atoms with E-state index in [-0.39, 0.29) is 0 Å². The molecule has 20 heavy (non-hydrogen) atoms. The minimum atomic E-state index is -0.396. The zero-order valence-corrected chi connectivity index (χ0v) is 12.4. The van der Waals surface area contributed by atoms with Crippen LogP contribution < -0.4 is 0 Å². The van der Waals surface area contributed by atoms with Crippen molar-refractivity contribution in [3.8, 4) is 0 Å². The van der Waals surface area contributed by atoms with Gasteiger partial charge in [-0.15, -0.1) is 0 Å². The molecule has 0 aromatic heterocycles. The van der Waals surface area contributed by atoms with Crippen LogP contribution in [0.1, 0.15) is 12.5 Å². The van der Waals surface area contributed by atoms with Gasteiger partial charge in [0.05, 0.1) is 19.3 Å². The highest BCUT2D eigenvalue weighted by Crippen LogP contribution is 2.04. The molecule has 2 rings (SSSR count). The average Bonchev–Trinajstić information content (AvgIpc) is 2.49. The van der Waals surface area contributed by atoms with Gasteiger partial charge in [-0.05, 0) is 12.1 Å². The third kappa shape index (κ3) is 5.21. The van der Waals surface area contributed by atoms with Gasteiger partial charge in [-0.3, -0.25) is 4.90 Å². The zero-order chi connectivity index (χ0) is 14.2. The van der Waals surface area contributed by atoms with E-state index >= 15 is 0 Å². The van der Waals surface area contributed by atoms with Crippen LogP contribution >= 0.6 is 0 Å². The first kappa shape index (κ1) is 15.4. The number of benzene rings is 1. The van der Waals surface area contributed by atoms with Crippen molar-refractivity contribution in [2.75, 3.05) is 45.9 Å². The van der Waals surface area contributed by atoms with Gasteiger partial charge in [-0.1, -0.05) is 37.3 Å². The van der Waals surface area contributed by atoms with Crippen molar-refractivity contribution in [3.63, 3.8) is 0 Å². The van der Waals surface area contributed by atoms with Crippen LogP contribution in [-0.2, 0) is 11.3 Å². The normalized spacial score (nSPS) is 19.1. The van der Waals surface area contributed by atoms with Gasteiger partial charge in [0.15, 0.2) is 0 Å². The summed E-state index contributed by atoms with van der Waals surface area (Å²) < 4.78 is 5.58. The maximum absolute atomic E-state index is 10.0. The third-order valence-electron chi connectivity index (χ3n) is 3.80. The van der Waals surface area contributed by atoms with E-state index in [0.717, 1.165) is 38.3 Å². The van der Waals surface area contributed by atoms with Crippen LogP contribution in [0.5, 0.6) is 0 Å². The number of hydrogen-bond donors (Lipinski definition) is 1. The van der Waals surface area contributed by atoms with Gasteiger partial charge >= 0.3 is 0 Å². The summed E-state index contributed by atoms with van der Waals surface area (Å²) in [5.74, 6) is 0. The van der Waals surface area contributed by atoms with Gasteiger partial charge in [0.1, 0.15) is 0 Å². The van der Waals surface area contributed by atoms with Gasteiger partial charge in [0, 0.05) is 32.7 Å². The number of piperazine rings is 1. The number of rotatable bonds is 7. The highest BCUT2D eigenvalue weighted by Gasteiger charge is 2.18. The van der Waals surface area contributed by atoms with E-state index in [2.05, 4.69) is 16.7 Å². The second-order valence-corrected chi connectivity index (χ2v) is 5.39. The third-order valence-corrected chi connectivity index (χ3v) is 3.80. The first-order valence-corrected chi connectivity index (χ1v) is 7.52. The van der Waals surface area contributed by atoms with Crippen LogP contribution in [0, 0.1) is 0 Å². The van der Waals surface area contributed by atoms with Crippen LogP contribution in [-0.4, -0.2) is 66.9 Å². The first-order chi connectivity index (χ1) is 9.78. The number of aliphatic hydroxyl groups is 1. The number of ether oxygens (including phenoxy) is 1. The van der Waals surface area contributed by atoms with E-state index in [0.29, 0.717) is 19.8 Å². The fourth-order valence-electron chi connectivity index (χ4n) is 2.53. The zero-order valence-electron chi connectivity index (χ0n) is 12.4. The summed E-state index contributed by atoms with van der Waals surface area (Å²) >= 11 is 0. The monoisotopic (exact) mass is 278 g/mol. The Morgan fingerprint density at radius 1 is 1.10 bits per heavy atom. The van der Waals surface area contributed by atoms with Gasteiger partial charge in [0.25, 0.3) is 0 Å². The highest BCUT2D eigenvalue weighted by atomic mass is 16.5. The molecule has 4 nitrogen and oxygen atoms in total. The molecule has 1 aromatic rings. The summed E-state index contributed by atoms with van der Waals surface area (Å²) in [5, 5.41) is 10.0. The van der Waals surface area contributed by atoms with E-state index in [1.165, 1.54) is 0 Å². The van der Waals surface area contributed by atoms with Crippen molar-refractivity contribution in [2.24, 2.45) is 0 Å². The largest absolute Gasteiger partial charge is 0.389 e. The molecule has 0 radical (unpaired) electrons. The maximum Gasteiger partial charge on any atom is 0.0900 e. The standard InChI is InChI=1S/C16H26N2O2/c1-2-17-8-10-18(11-9-17)12-16(19)14-20-13-15-6-4-3-5-7-15/h3-7,16,19H,2,8-14H2,1H3/t16-/m0/s1. The lowest BCUT2D eigenvalue weighted by Crippen LogP contribution is -2.48. The molecule has 1 atom stereocenters. The van der Waals surface area contributed by atoms with Crippen LogP contribution in [0.15, 0.2) is 30.3 Å². The van der Waals surface area contributed by atoms with E-state index in [1.54, 1.807) is 0 Å². The minimum Gasteiger partial charge on any atom is -0.389 e. The number of β-amino-alcohol motifs (C(OH)–C–C–N with tert-alkyl or cyclic N) is 1. The molecule has 0 aliphatic carbocycles. The molecule has 1 N–H and O–H groups in total. The van der Waals surface area contributed by atoms with Crippen molar-refractivity contribution in [2.45, 2.75) is 19.6 Å². The van der Waals surface area contributed by atoms with E-state index < -0.39 is 6.10 Å². The van der Waals surface area contributed by atoms with Crippen molar-refractivity contribution >= 4 is 0 Å². The lowest BCUT2D eigenvalue weighted by atomic mass is 10.2. The fourth-order valence-corrected chi connectivity index (χ4v) is 2.53. The molecule has 0 spiro atoms. The smallest absolute Gasteiger partial charge is 0.0900 e. The molecule has 112 valence electrons. The highest BCUT2D eigenvalue weighted by molar-refractivity contribution is 5.13. The van der Waals surface area contributed by atoms with E-state index in [9.17, 15) is 5.11 Å². The van der Waals surface area contributed by atoms with Gasteiger partial charge in [0.2, 0.25) is 0 Å². The lowest BCUT2D eigenvalue weighted by molar-refractivity contribution is 0.00177. The van der Waals surface area contributed by atoms with Crippen LogP contribution in [0.2, 0.25) is 0 Å². The topological polar surface area (TPSA) is 35.9 Å². The summed E-state index contributed by atoms with van der Waals surface area (Å²) in [5.41, 5.74) is 1.15. The Morgan fingerprint density at radius 2 is 1.75 bits per heavy atom. The van der Waals surface area contributed by atoms with Gasteiger partial charge in [-0.25, -0.2) is 0 Å². The molecular formula is C16H26N2O2. The average molecular weight is 278 g/mol. The fraction of sp³-hybridized carbons (Fsp3) is 0.625. The second kappa shape index (κ2) is 8.37. The molecule has 1 heterocycles. The SMILES string of the molecule is CCN1CCN(C[C@H](O)COCc2ccccc2)CC1. The molecule has 0 bridgehead atoms. The molecule has 1 aliphatic heterocycles. The quantitative estimate of drug-likeness (QED) is 0.813. The predicted molar refractivity (Wildman–Crippen MR) is 80.7 cm³/mol. The Labute approximate surface area is 122 Å². The molecule has 1 aromatic carbocycles. The summed E-state index contributed by atoms with van der Waals surface area (Å²) in [6.45, 7) is 9.31. The molecule has 0 amide bonds. The van der Waals surface area contributed by atoms with Gasteiger partial charge in [-0.2, -0.15) is 0 Å². The minimum absolute atomic E-state index is 0.396. The second-order valence-electron chi connectivity index (χ2n) is 5.39. The Balaban J connectivity index is 1.60. The number of nitrogens with zero attached hydrogens (tertiary/aromatic N) is 2. The van der Waals surface area contributed by atoms with Crippen LogP contribution in [0.3, 0.4) is 0 Å². The van der Waals surface area contributed by atoms with Crippen molar-refractivity contribution in [1.29, 1.82) is 0 Å². The van der Waals surface area contributed by atoms with E-state index in [4.69, 9.17) is 4.74 Å². The van der Waals surface area contributed by atoms with Crippen molar-refractivity contribution < 1.29 is 9.84 Å². The van der Waals surface area contributed by atoms with Gasteiger partial charge < -0.3 is 14.7 Å². The molecule has 0 saturated carbocycles. The maximum atomic E-state index is 10.0. The van der Waals surface area contributed by atoms with Crippen molar-refractivity contribution in [1.82, 2.24) is 9.80 Å². The van der Waals surface area contributed by atoms with Crippen molar-refractivity contribution in [3.05, 3.63) is 35.9 Å². The van der Waals surface area contributed by atoms with Crippen LogP contribution in [0.4, 0.5) is 0 Å². The number of aliphatic hydroxyl groups excluding tert-OH is 1. The molecular weight excluding hydrogens is 252 g/mol. The number of likely N-dealkylation sites (N-methyl/N-ethyl adjacent to an activating group) is 1. The number of hydrogen-bond acceptors (Lipinski definition) is 4. The Hall–Kier alpha value is -0.940. The Bertz CT molecular complexity index is 364. The summed E-state index contributed by atoms with van der Waals surface area (Å²) in [4.78, 5) is 4.76. The first-order valence-electron chi connectivity index (χ1n) is 7.52. The molecule has 0 unspecified atom stereocenters. The van der Waals surface area contributed by atoms with E-state index in [1.807, 2.05) is 30.3 Å². The summed E-state index contributed by atoms with van der Waals surface area (Å²) in [6, 6.07) is 10.1. The Morgan fingerprint density at radius 3 is 2.40 bits per heavy atom. The molecule has 1 aliphatic rings. The molecule has 1 fully saturated rings. The Kier molecular flexibility index (Phi) is 6.47. The molecule has 4 heteroatoms. The predicted octanol–water partition coefficient (Wildman–Crippen LogP) is 1.20. The summed E-state index contributed by atoms with van der Waals surface area (Å²) in [7, 11) is 0. The molecule has 1 saturated heterocycles.